The maximum atomic E-state index is 12.0. The molecular weight excluding hydrogens is 398 g/mol. The van der Waals surface area contributed by atoms with Crippen LogP contribution in [0.2, 0.25) is 0 Å². The van der Waals surface area contributed by atoms with Gasteiger partial charge in [-0.3, -0.25) is 9.59 Å². The van der Waals surface area contributed by atoms with Crippen LogP contribution in [0.3, 0.4) is 0 Å². The van der Waals surface area contributed by atoms with Gasteiger partial charge in [0.1, 0.15) is 16.2 Å². The quantitative estimate of drug-likeness (QED) is 0.285. The molecule has 0 radical (unpaired) electrons. The third-order valence-electron chi connectivity index (χ3n) is 3.11. The number of nitrogens with one attached hydrogen (secondary N) is 1. The maximum Gasteiger partial charge on any atom is 1.00 e. The van der Waals surface area contributed by atoms with E-state index in [9.17, 15) is 35.5 Å². The van der Waals surface area contributed by atoms with Crippen LogP contribution < -0.4 is 64.4 Å². The average molecular weight is 408 g/mol. The van der Waals surface area contributed by atoms with E-state index in [0.717, 1.165) is 0 Å². The Kier molecular flexibility index (Phi) is 9.25. The van der Waals surface area contributed by atoms with Crippen molar-refractivity contribution in [3.05, 3.63) is 35.9 Å². The molecule has 1 aliphatic heterocycles. The van der Waals surface area contributed by atoms with Gasteiger partial charge in [0.25, 0.3) is 5.91 Å². The van der Waals surface area contributed by atoms with E-state index in [0.29, 0.717) is 0 Å². The molecule has 0 aromatic heterocycles. The molecule has 1 aromatic carbocycles. The van der Waals surface area contributed by atoms with Gasteiger partial charge in [-0.25, -0.2) is 21.1 Å². The summed E-state index contributed by atoms with van der Waals surface area (Å²) < 4.78 is 65.9. The molecule has 0 spiro atoms. The summed E-state index contributed by atoms with van der Waals surface area (Å²) in [6.07, 6.45) is 0. The van der Waals surface area contributed by atoms with Crippen LogP contribution in [0.5, 0.6) is 0 Å². The standard InChI is InChI=1S/C11H12N2O8S2.2Na/c14-10(12-8-6-13(11(8)15)23(19,20)21)9(22(16,17)18)7-4-2-1-3-5-7;;/h1-5,8-9H,6H2,(H,12,14)(H,16,17,18)(H,19,20,21);;/q;2*+1/p-2. The van der Waals surface area contributed by atoms with Gasteiger partial charge in [-0.1, -0.05) is 30.3 Å². The number of hydrogen-bond donors (Lipinski definition) is 1. The molecule has 0 saturated carbocycles. The zero-order valence-electron chi connectivity index (χ0n) is 13.3. The molecule has 1 aliphatic rings. The fraction of sp³-hybridized carbons (Fsp3) is 0.273. The zero-order valence-corrected chi connectivity index (χ0v) is 18.9. The van der Waals surface area contributed by atoms with E-state index in [-0.39, 0.29) is 69.0 Å². The first kappa shape index (κ1) is 25.0. The fourth-order valence-corrected chi connectivity index (χ4v) is 3.53. The predicted molar refractivity (Wildman–Crippen MR) is 72.2 cm³/mol. The third-order valence-corrected chi connectivity index (χ3v) is 5.04. The predicted octanol–water partition coefficient (Wildman–Crippen LogP) is -7.93. The van der Waals surface area contributed by atoms with Crippen LogP contribution in [-0.2, 0) is 30.0 Å². The molecule has 1 fully saturated rings. The van der Waals surface area contributed by atoms with E-state index < -0.39 is 50.1 Å². The van der Waals surface area contributed by atoms with Gasteiger partial charge in [0.15, 0.2) is 15.6 Å². The second-order valence-electron chi connectivity index (χ2n) is 4.67. The normalized spacial score (nSPS) is 18.2. The minimum Gasteiger partial charge on any atom is -0.747 e. The van der Waals surface area contributed by atoms with Crippen LogP contribution >= 0.6 is 0 Å². The van der Waals surface area contributed by atoms with Crippen molar-refractivity contribution in [3.63, 3.8) is 0 Å². The van der Waals surface area contributed by atoms with E-state index in [4.69, 9.17) is 0 Å². The van der Waals surface area contributed by atoms with Gasteiger partial charge in [0.2, 0.25) is 5.91 Å². The molecule has 25 heavy (non-hydrogen) atoms. The second-order valence-corrected chi connectivity index (χ2v) is 7.42. The number of carbonyl (C=O) groups excluding carboxylic acids is 2. The number of amides is 2. The average Bonchev–Trinajstić information content (AvgIpc) is 2.41. The number of β-lactam (4-membered cyclic amide) rings is 1. The molecular formula is C11H10N2Na2O8S2. The Morgan fingerprint density at radius 1 is 1.12 bits per heavy atom. The van der Waals surface area contributed by atoms with Crippen molar-refractivity contribution in [2.24, 2.45) is 0 Å². The van der Waals surface area contributed by atoms with Gasteiger partial charge < -0.3 is 14.4 Å². The van der Waals surface area contributed by atoms with Crippen LogP contribution in [0, 0.1) is 0 Å². The van der Waals surface area contributed by atoms with Gasteiger partial charge in [0, 0.05) is 0 Å². The van der Waals surface area contributed by atoms with Crippen molar-refractivity contribution in [1.82, 2.24) is 9.62 Å². The minimum atomic E-state index is -5.07. The number of nitrogens with zero attached hydrogens (tertiary/aromatic N) is 1. The van der Waals surface area contributed by atoms with Crippen molar-refractivity contribution in [2.45, 2.75) is 11.3 Å². The molecule has 14 heteroatoms. The first-order valence-corrected chi connectivity index (χ1v) is 8.93. The Labute approximate surface area is 188 Å². The van der Waals surface area contributed by atoms with Gasteiger partial charge in [-0.05, 0) is 5.56 Å². The van der Waals surface area contributed by atoms with Crippen LogP contribution in [0.4, 0.5) is 0 Å². The first-order chi connectivity index (χ1) is 10.5. The van der Waals surface area contributed by atoms with E-state index in [1.54, 1.807) is 6.07 Å². The summed E-state index contributed by atoms with van der Waals surface area (Å²) in [5.74, 6) is -2.46. The Hall–Kier alpha value is -0.0200. The molecule has 126 valence electrons. The van der Waals surface area contributed by atoms with E-state index in [2.05, 4.69) is 0 Å². The van der Waals surface area contributed by atoms with Gasteiger partial charge in [-0.15, -0.1) is 0 Å². The molecule has 10 nitrogen and oxygen atoms in total. The maximum absolute atomic E-state index is 12.0. The fourth-order valence-electron chi connectivity index (χ4n) is 2.03. The zero-order chi connectivity index (χ0) is 17.4. The molecule has 0 aliphatic carbocycles. The van der Waals surface area contributed by atoms with Crippen molar-refractivity contribution >= 4 is 32.2 Å². The molecule has 1 N–H and O–H groups in total. The van der Waals surface area contributed by atoms with E-state index in [1.807, 2.05) is 5.32 Å². The molecule has 2 unspecified atom stereocenters. The Morgan fingerprint density at radius 2 is 1.64 bits per heavy atom. The number of carbonyl (C=O) groups is 2. The molecule has 2 rings (SSSR count). The van der Waals surface area contributed by atoms with Crippen LogP contribution in [0.15, 0.2) is 30.3 Å². The molecule has 1 saturated heterocycles. The van der Waals surface area contributed by atoms with Crippen LogP contribution in [0.1, 0.15) is 10.8 Å². The number of benzene rings is 1. The van der Waals surface area contributed by atoms with Crippen molar-refractivity contribution < 1.29 is 94.6 Å². The summed E-state index contributed by atoms with van der Waals surface area (Å²) in [5.41, 5.74) is -0.0972. The second kappa shape index (κ2) is 9.26. The largest absolute Gasteiger partial charge is 1.00 e. The van der Waals surface area contributed by atoms with Crippen LogP contribution in [0.25, 0.3) is 0 Å². The van der Waals surface area contributed by atoms with Crippen LogP contribution in [-0.4, -0.2) is 54.6 Å². The SMILES string of the molecule is O=C(NC1CN(S(=O)(=O)[O-])C1=O)C(c1ccccc1)S(=O)(=O)[O-].[Na+].[Na+]. The minimum absolute atomic E-state index is 0. The molecule has 1 aromatic rings. The molecule has 2 atom stereocenters. The van der Waals surface area contributed by atoms with Gasteiger partial charge >= 0.3 is 59.1 Å². The summed E-state index contributed by atoms with van der Waals surface area (Å²) >= 11 is 0. The Morgan fingerprint density at radius 3 is 2.04 bits per heavy atom. The number of hydrogen-bond acceptors (Lipinski definition) is 8. The molecule has 1 heterocycles. The summed E-state index contributed by atoms with van der Waals surface area (Å²) in [7, 11) is -10.1. The topological polar surface area (TPSA) is 164 Å². The summed E-state index contributed by atoms with van der Waals surface area (Å²) in [5, 5.41) is -0.128. The monoisotopic (exact) mass is 408 g/mol. The van der Waals surface area contributed by atoms with Crippen molar-refractivity contribution in [2.75, 3.05) is 6.54 Å². The first-order valence-electron chi connectivity index (χ1n) is 6.09. The summed E-state index contributed by atoms with van der Waals surface area (Å²) in [4.78, 5) is 23.5. The number of rotatable bonds is 5. The van der Waals surface area contributed by atoms with E-state index in [1.165, 1.54) is 24.3 Å². The Balaban J connectivity index is 0.00000288. The van der Waals surface area contributed by atoms with Crippen molar-refractivity contribution in [3.8, 4) is 0 Å². The van der Waals surface area contributed by atoms with Gasteiger partial charge in [0.05, 0.1) is 6.54 Å². The summed E-state index contributed by atoms with van der Waals surface area (Å²) in [6, 6.07) is 5.50. The molecule has 2 amide bonds. The van der Waals surface area contributed by atoms with E-state index >= 15 is 0 Å². The summed E-state index contributed by atoms with van der Waals surface area (Å²) in [6.45, 7) is -0.614. The smallest absolute Gasteiger partial charge is 0.747 e. The molecule has 0 bridgehead atoms. The third kappa shape index (κ3) is 5.99. The van der Waals surface area contributed by atoms with Crippen molar-refractivity contribution in [1.29, 1.82) is 0 Å². The Bertz CT molecular complexity index is 844. The van der Waals surface area contributed by atoms with Gasteiger partial charge in [-0.2, -0.15) is 0 Å².